The molecule has 1 aromatic rings. The SMILES string of the molecule is CC(C(C=O)O[Si](C)(C)C(C)(C)C)N(C(=O)O)c1ccc(F)c(Br)c1. The summed E-state index contributed by atoms with van der Waals surface area (Å²) in [6, 6.07) is 3.14. The van der Waals surface area contributed by atoms with Gasteiger partial charge in [0.2, 0.25) is 0 Å². The Morgan fingerprint density at radius 3 is 2.36 bits per heavy atom. The standard InChI is InChI=1S/C17H25BrFNO4Si/c1-11(15(10-21)24-25(5,6)17(2,3)4)20(16(22)23)12-7-8-14(19)13(18)9-12/h7-11,15H,1-6H3,(H,22,23). The molecule has 0 aromatic heterocycles. The molecule has 1 amide bonds. The van der Waals surface area contributed by atoms with Crippen molar-refractivity contribution in [2.45, 2.75) is 58.0 Å². The highest BCUT2D eigenvalue weighted by Crippen LogP contribution is 2.38. The van der Waals surface area contributed by atoms with E-state index in [1.165, 1.54) is 18.2 Å². The van der Waals surface area contributed by atoms with Gasteiger partial charge in [-0.05, 0) is 59.2 Å². The highest BCUT2D eigenvalue weighted by molar-refractivity contribution is 9.10. The van der Waals surface area contributed by atoms with E-state index in [2.05, 4.69) is 15.9 Å². The van der Waals surface area contributed by atoms with Crippen LogP contribution in [0.4, 0.5) is 14.9 Å². The lowest BCUT2D eigenvalue weighted by Crippen LogP contribution is -2.53. The van der Waals surface area contributed by atoms with Crippen molar-refractivity contribution in [1.82, 2.24) is 0 Å². The van der Waals surface area contributed by atoms with Crippen LogP contribution in [-0.4, -0.2) is 37.9 Å². The molecule has 25 heavy (non-hydrogen) atoms. The molecule has 1 aromatic carbocycles. The van der Waals surface area contributed by atoms with Gasteiger partial charge in [-0.25, -0.2) is 9.18 Å². The zero-order chi connectivity index (χ0) is 19.6. The van der Waals surface area contributed by atoms with E-state index in [0.717, 1.165) is 4.90 Å². The molecule has 0 spiro atoms. The number of rotatable bonds is 6. The van der Waals surface area contributed by atoms with Gasteiger partial charge in [-0.3, -0.25) is 4.90 Å². The van der Waals surface area contributed by atoms with Crippen molar-refractivity contribution in [3.8, 4) is 0 Å². The first-order valence-electron chi connectivity index (χ1n) is 7.92. The minimum absolute atomic E-state index is 0.124. The number of nitrogens with zero attached hydrogens (tertiary/aromatic N) is 1. The largest absolute Gasteiger partial charge is 0.465 e. The van der Waals surface area contributed by atoms with Gasteiger partial charge in [0.05, 0.1) is 10.5 Å². The number of aldehydes is 1. The first kappa shape index (κ1) is 21.8. The van der Waals surface area contributed by atoms with E-state index < -0.39 is 32.4 Å². The van der Waals surface area contributed by atoms with Crippen molar-refractivity contribution in [1.29, 1.82) is 0 Å². The summed E-state index contributed by atoms with van der Waals surface area (Å²) in [7, 11) is -2.27. The lowest BCUT2D eigenvalue weighted by Gasteiger charge is -2.40. The molecular weight excluding hydrogens is 409 g/mol. The van der Waals surface area contributed by atoms with Crippen LogP contribution < -0.4 is 4.90 Å². The summed E-state index contributed by atoms with van der Waals surface area (Å²) in [4.78, 5) is 24.4. The van der Waals surface area contributed by atoms with Gasteiger partial charge in [-0.15, -0.1) is 0 Å². The fraction of sp³-hybridized carbons (Fsp3) is 0.529. The van der Waals surface area contributed by atoms with Crippen molar-refractivity contribution >= 4 is 42.3 Å². The van der Waals surface area contributed by atoms with Gasteiger partial charge in [-0.2, -0.15) is 0 Å². The monoisotopic (exact) mass is 433 g/mol. The Bertz CT molecular complexity index is 648. The summed E-state index contributed by atoms with van der Waals surface area (Å²) < 4.78 is 19.7. The molecular formula is C17H25BrFNO4Si. The third-order valence-electron chi connectivity index (χ3n) is 4.64. The van der Waals surface area contributed by atoms with Gasteiger partial charge >= 0.3 is 6.09 Å². The molecule has 0 aliphatic rings. The molecule has 2 atom stereocenters. The Labute approximate surface area is 157 Å². The summed E-state index contributed by atoms with van der Waals surface area (Å²) in [5.74, 6) is -0.494. The van der Waals surface area contributed by atoms with Crippen LogP contribution in [0.2, 0.25) is 18.1 Å². The number of amides is 1. The van der Waals surface area contributed by atoms with E-state index in [9.17, 15) is 19.1 Å². The van der Waals surface area contributed by atoms with Crippen molar-refractivity contribution in [3.63, 3.8) is 0 Å². The van der Waals surface area contributed by atoms with Crippen LogP contribution in [0.3, 0.4) is 0 Å². The lowest BCUT2D eigenvalue weighted by atomic mass is 10.1. The molecule has 8 heteroatoms. The molecule has 0 saturated heterocycles. The minimum Gasteiger partial charge on any atom is -0.465 e. The fourth-order valence-electron chi connectivity index (χ4n) is 2.06. The molecule has 0 heterocycles. The number of hydrogen-bond donors (Lipinski definition) is 1. The van der Waals surface area contributed by atoms with E-state index in [0.29, 0.717) is 6.29 Å². The van der Waals surface area contributed by atoms with E-state index >= 15 is 0 Å². The van der Waals surface area contributed by atoms with E-state index in [1.54, 1.807) is 6.92 Å². The highest BCUT2D eigenvalue weighted by Gasteiger charge is 2.41. The maximum Gasteiger partial charge on any atom is 0.412 e. The second kappa shape index (κ2) is 7.97. The van der Waals surface area contributed by atoms with E-state index in [4.69, 9.17) is 4.43 Å². The number of benzene rings is 1. The van der Waals surface area contributed by atoms with Crippen LogP contribution in [0.25, 0.3) is 0 Å². The molecule has 0 fully saturated rings. The van der Waals surface area contributed by atoms with Crippen molar-refractivity contribution in [2.24, 2.45) is 0 Å². The van der Waals surface area contributed by atoms with Gasteiger partial charge in [0.15, 0.2) is 8.32 Å². The third-order valence-corrected chi connectivity index (χ3v) is 9.72. The Hall–Kier alpha value is -1.25. The van der Waals surface area contributed by atoms with Gasteiger partial charge in [0, 0.05) is 5.69 Å². The third kappa shape index (κ3) is 5.12. The highest BCUT2D eigenvalue weighted by atomic mass is 79.9. The smallest absolute Gasteiger partial charge is 0.412 e. The average molecular weight is 434 g/mol. The van der Waals surface area contributed by atoms with Crippen molar-refractivity contribution in [2.75, 3.05) is 4.90 Å². The van der Waals surface area contributed by atoms with Crippen LogP contribution in [0, 0.1) is 5.82 Å². The topological polar surface area (TPSA) is 66.8 Å². The number of halogens is 2. The molecule has 0 saturated carbocycles. The van der Waals surface area contributed by atoms with Gasteiger partial charge in [0.25, 0.3) is 0 Å². The Kier molecular flexibility index (Phi) is 6.94. The summed E-state index contributed by atoms with van der Waals surface area (Å²) in [5.41, 5.74) is 0.263. The Morgan fingerprint density at radius 1 is 1.40 bits per heavy atom. The lowest BCUT2D eigenvalue weighted by molar-refractivity contribution is -0.114. The normalized spacial score (nSPS) is 14.7. The van der Waals surface area contributed by atoms with Crippen LogP contribution in [0.15, 0.2) is 22.7 Å². The number of hydrogen-bond acceptors (Lipinski definition) is 3. The second-order valence-corrected chi connectivity index (χ2v) is 13.1. The number of carbonyl (C=O) groups is 2. The molecule has 0 aliphatic carbocycles. The molecule has 140 valence electrons. The second-order valence-electron chi connectivity index (χ2n) is 7.47. The Balaban J connectivity index is 3.19. The molecule has 5 nitrogen and oxygen atoms in total. The summed E-state index contributed by atoms with van der Waals surface area (Å²) in [5, 5.41) is 9.49. The zero-order valence-electron chi connectivity index (χ0n) is 15.3. The van der Waals surface area contributed by atoms with Crippen molar-refractivity contribution in [3.05, 3.63) is 28.5 Å². The quantitative estimate of drug-likeness (QED) is 0.503. The molecule has 0 bridgehead atoms. The van der Waals surface area contributed by atoms with Gasteiger partial charge in [-0.1, -0.05) is 20.8 Å². The molecule has 1 rings (SSSR count). The van der Waals surface area contributed by atoms with Crippen molar-refractivity contribution < 1.29 is 23.5 Å². The van der Waals surface area contributed by atoms with Crippen LogP contribution in [-0.2, 0) is 9.22 Å². The first-order chi connectivity index (χ1) is 11.3. The Morgan fingerprint density at radius 2 is 1.96 bits per heavy atom. The fourth-order valence-corrected chi connectivity index (χ4v) is 3.71. The predicted octanol–water partition coefficient (Wildman–Crippen LogP) is 5.05. The maximum absolute atomic E-state index is 13.5. The zero-order valence-corrected chi connectivity index (χ0v) is 17.9. The number of carboxylic acid groups (broad SMARTS) is 1. The maximum atomic E-state index is 13.5. The minimum atomic E-state index is -2.27. The van der Waals surface area contributed by atoms with Crippen LogP contribution in [0.5, 0.6) is 0 Å². The van der Waals surface area contributed by atoms with E-state index in [-0.39, 0.29) is 15.2 Å². The van der Waals surface area contributed by atoms with Crippen LogP contribution in [0.1, 0.15) is 27.7 Å². The van der Waals surface area contributed by atoms with Gasteiger partial charge in [0.1, 0.15) is 18.2 Å². The average Bonchev–Trinajstić information content (AvgIpc) is 2.47. The molecule has 0 radical (unpaired) electrons. The molecule has 2 unspecified atom stereocenters. The molecule has 0 aliphatic heterocycles. The van der Waals surface area contributed by atoms with Gasteiger partial charge < -0.3 is 14.3 Å². The summed E-state index contributed by atoms with van der Waals surface area (Å²) >= 11 is 3.05. The summed E-state index contributed by atoms with van der Waals surface area (Å²) in [6.07, 6.45) is -1.52. The molecule has 1 N–H and O–H groups in total. The number of anilines is 1. The van der Waals surface area contributed by atoms with Crippen LogP contribution >= 0.6 is 15.9 Å². The van der Waals surface area contributed by atoms with E-state index in [1.807, 2.05) is 33.9 Å². The first-order valence-corrected chi connectivity index (χ1v) is 11.6. The predicted molar refractivity (Wildman–Crippen MR) is 102 cm³/mol. The summed E-state index contributed by atoms with van der Waals surface area (Å²) in [6.45, 7) is 11.7. The number of carbonyl (C=O) groups excluding carboxylic acids is 1.